The van der Waals surface area contributed by atoms with Crippen molar-refractivity contribution < 1.29 is 4.48 Å². The van der Waals surface area contributed by atoms with Gasteiger partial charge in [-0.25, -0.2) is 0 Å². The van der Waals surface area contributed by atoms with E-state index in [0.29, 0.717) is 6.04 Å². The highest BCUT2D eigenvalue weighted by molar-refractivity contribution is 5.54. The third-order valence-corrected chi connectivity index (χ3v) is 8.54. The summed E-state index contributed by atoms with van der Waals surface area (Å²) in [6, 6.07) is 0.528. The molecule has 1 aliphatic rings. The summed E-state index contributed by atoms with van der Waals surface area (Å²) in [6.07, 6.45) is 2.35. The Hall–Kier alpha value is -1.60. The fourth-order valence-electron chi connectivity index (χ4n) is 5.52. The number of fused-ring (bicyclic) bond motifs is 1. The van der Waals surface area contributed by atoms with Crippen molar-refractivity contribution in [1.82, 2.24) is 0 Å². The van der Waals surface area contributed by atoms with E-state index in [2.05, 4.69) is 76.4 Å². The van der Waals surface area contributed by atoms with Crippen molar-refractivity contribution >= 4 is 0 Å². The molecule has 0 N–H and O–H groups in total. The number of benzene rings is 2. The van der Waals surface area contributed by atoms with E-state index in [1.54, 1.807) is 16.7 Å². The Morgan fingerprint density at radius 1 is 0.607 bits per heavy atom. The Labute approximate surface area is 173 Å². The average molecular weight is 379 g/mol. The van der Waals surface area contributed by atoms with E-state index in [4.69, 9.17) is 0 Å². The molecule has 0 bridgehead atoms. The van der Waals surface area contributed by atoms with E-state index in [0.717, 1.165) is 10.9 Å². The molecule has 0 amide bonds. The van der Waals surface area contributed by atoms with Gasteiger partial charge in [-0.05, 0) is 124 Å². The number of hydrogen-bond acceptors (Lipinski definition) is 0. The zero-order valence-corrected chi connectivity index (χ0v) is 20.1. The van der Waals surface area contributed by atoms with Gasteiger partial charge < -0.3 is 4.48 Å². The first kappa shape index (κ1) is 21.1. The van der Waals surface area contributed by atoms with Gasteiger partial charge in [0.1, 0.15) is 6.04 Å². The molecule has 0 aromatic heterocycles. The molecule has 1 nitrogen and oxygen atoms in total. The Bertz CT molecular complexity index is 930. The summed E-state index contributed by atoms with van der Waals surface area (Å²) >= 11 is 0. The van der Waals surface area contributed by atoms with Gasteiger partial charge in [0.15, 0.2) is 0 Å². The van der Waals surface area contributed by atoms with E-state index in [-0.39, 0.29) is 0 Å². The topological polar surface area (TPSA) is 0 Å². The molecule has 1 heteroatoms. The predicted molar refractivity (Wildman–Crippen MR) is 123 cm³/mol. The molecule has 1 unspecified atom stereocenters. The van der Waals surface area contributed by atoms with Crippen LogP contribution in [-0.4, -0.2) is 25.1 Å². The van der Waals surface area contributed by atoms with Gasteiger partial charge in [-0.1, -0.05) is 0 Å². The van der Waals surface area contributed by atoms with Crippen molar-refractivity contribution in [2.45, 2.75) is 81.2 Å². The first-order valence-corrected chi connectivity index (χ1v) is 10.9. The van der Waals surface area contributed by atoms with Crippen molar-refractivity contribution in [3.63, 3.8) is 0 Å². The van der Waals surface area contributed by atoms with Crippen LogP contribution < -0.4 is 0 Å². The average Bonchev–Trinajstić information content (AvgIpc) is 2.65. The standard InChI is InChI=1S/C27H40N/c1-15-16(2)21(7)25(22(8)17(15)3)14-26-27-23(9)19(5)18(4)20(6)24(27)12-13-28(26,10)11/h26H,12-14H2,1-11H3/q+1. The highest BCUT2D eigenvalue weighted by atomic mass is 15.3. The monoisotopic (exact) mass is 378 g/mol. The Morgan fingerprint density at radius 3 is 1.57 bits per heavy atom. The summed E-state index contributed by atoms with van der Waals surface area (Å²) in [4.78, 5) is 0. The fourth-order valence-corrected chi connectivity index (χ4v) is 5.52. The Morgan fingerprint density at radius 2 is 1.04 bits per heavy atom. The van der Waals surface area contributed by atoms with Crippen molar-refractivity contribution in [2.75, 3.05) is 20.6 Å². The summed E-state index contributed by atoms with van der Waals surface area (Å²) < 4.78 is 1.08. The molecule has 1 aliphatic heterocycles. The predicted octanol–water partition coefficient (Wildman–Crippen LogP) is 6.38. The van der Waals surface area contributed by atoms with Gasteiger partial charge in [-0.2, -0.15) is 0 Å². The SMILES string of the molecule is Cc1c(C)c(C)c(CC2c3c(C)c(C)c(C)c(C)c3CC[N+]2(C)C)c(C)c1C. The molecule has 0 aliphatic carbocycles. The Balaban J connectivity index is 2.25. The van der Waals surface area contributed by atoms with Gasteiger partial charge in [0, 0.05) is 18.4 Å². The van der Waals surface area contributed by atoms with E-state index >= 15 is 0 Å². The number of hydrogen-bond donors (Lipinski definition) is 0. The van der Waals surface area contributed by atoms with Crippen LogP contribution in [0.25, 0.3) is 0 Å². The summed E-state index contributed by atoms with van der Waals surface area (Å²) in [5, 5.41) is 0. The van der Waals surface area contributed by atoms with Crippen molar-refractivity contribution in [3.8, 4) is 0 Å². The second kappa shape index (κ2) is 7.02. The van der Waals surface area contributed by atoms with Gasteiger partial charge in [0.05, 0.1) is 20.6 Å². The summed E-state index contributed by atoms with van der Waals surface area (Å²) in [5.74, 6) is 0. The van der Waals surface area contributed by atoms with Gasteiger partial charge in [-0.3, -0.25) is 0 Å². The normalized spacial score (nSPS) is 18.3. The van der Waals surface area contributed by atoms with E-state index < -0.39 is 0 Å². The first-order valence-electron chi connectivity index (χ1n) is 10.9. The lowest BCUT2D eigenvalue weighted by molar-refractivity contribution is -0.923. The summed E-state index contributed by atoms with van der Waals surface area (Å²) in [6.45, 7) is 22.1. The minimum Gasteiger partial charge on any atom is -0.322 e. The number of quaternary nitrogens is 1. The molecule has 2 aromatic rings. The molecule has 28 heavy (non-hydrogen) atoms. The lowest BCUT2D eigenvalue weighted by atomic mass is 9.77. The highest BCUT2D eigenvalue weighted by Crippen LogP contribution is 2.42. The maximum atomic E-state index is 2.44. The largest absolute Gasteiger partial charge is 0.322 e. The highest BCUT2D eigenvalue weighted by Gasteiger charge is 2.39. The molecule has 1 heterocycles. The number of rotatable bonds is 2. The van der Waals surface area contributed by atoms with Crippen LogP contribution in [0, 0.1) is 62.3 Å². The zero-order valence-electron chi connectivity index (χ0n) is 20.1. The first-order chi connectivity index (χ1) is 12.9. The Kier molecular flexibility index (Phi) is 5.30. The van der Waals surface area contributed by atoms with Crippen LogP contribution in [0.2, 0.25) is 0 Å². The second-order valence-corrected chi connectivity index (χ2v) is 9.97. The van der Waals surface area contributed by atoms with Gasteiger partial charge in [0.25, 0.3) is 0 Å². The van der Waals surface area contributed by atoms with E-state index in [9.17, 15) is 0 Å². The van der Waals surface area contributed by atoms with Crippen LogP contribution >= 0.6 is 0 Å². The number of likely N-dealkylation sites (N-methyl/N-ethyl adjacent to an activating group) is 1. The maximum absolute atomic E-state index is 2.44. The number of nitrogens with zero attached hydrogens (tertiary/aromatic N) is 1. The molecule has 1 atom stereocenters. The molecule has 3 rings (SSSR count). The van der Waals surface area contributed by atoms with Crippen molar-refractivity contribution in [1.29, 1.82) is 0 Å². The molecule has 152 valence electrons. The maximum Gasteiger partial charge on any atom is 0.119 e. The van der Waals surface area contributed by atoms with Crippen LogP contribution in [-0.2, 0) is 12.8 Å². The third-order valence-electron chi connectivity index (χ3n) is 8.54. The molecule has 0 saturated heterocycles. The molecule has 2 aromatic carbocycles. The van der Waals surface area contributed by atoms with Crippen LogP contribution in [0.15, 0.2) is 0 Å². The zero-order chi connectivity index (χ0) is 21.1. The smallest absolute Gasteiger partial charge is 0.119 e. The molecular weight excluding hydrogens is 338 g/mol. The lowest BCUT2D eigenvalue weighted by Crippen LogP contribution is -2.49. The van der Waals surface area contributed by atoms with E-state index in [1.165, 1.54) is 63.0 Å². The van der Waals surface area contributed by atoms with Crippen LogP contribution in [0.5, 0.6) is 0 Å². The van der Waals surface area contributed by atoms with Gasteiger partial charge in [-0.15, -0.1) is 0 Å². The quantitative estimate of drug-likeness (QED) is 0.532. The third kappa shape index (κ3) is 3.03. The van der Waals surface area contributed by atoms with Crippen LogP contribution in [0.3, 0.4) is 0 Å². The molecule has 0 spiro atoms. The van der Waals surface area contributed by atoms with Crippen molar-refractivity contribution in [3.05, 3.63) is 66.8 Å². The minimum atomic E-state index is 0.528. The van der Waals surface area contributed by atoms with Gasteiger partial charge in [0.2, 0.25) is 0 Å². The lowest BCUT2D eigenvalue weighted by Gasteiger charge is -2.45. The van der Waals surface area contributed by atoms with E-state index in [1.807, 2.05) is 0 Å². The molecule has 0 radical (unpaired) electrons. The van der Waals surface area contributed by atoms with Crippen LogP contribution in [0.1, 0.15) is 72.8 Å². The molecule has 0 fully saturated rings. The summed E-state index contributed by atoms with van der Waals surface area (Å²) in [7, 11) is 4.88. The summed E-state index contributed by atoms with van der Waals surface area (Å²) in [5.41, 5.74) is 18.4. The fraction of sp³-hybridized carbons (Fsp3) is 0.556. The van der Waals surface area contributed by atoms with Crippen LogP contribution in [0.4, 0.5) is 0 Å². The minimum absolute atomic E-state index is 0.528. The van der Waals surface area contributed by atoms with Gasteiger partial charge >= 0.3 is 0 Å². The molecule has 0 saturated carbocycles. The van der Waals surface area contributed by atoms with Crippen molar-refractivity contribution in [2.24, 2.45) is 0 Å². The second-order valence-electron chi connectivity index (χ2n) is 9.97. The molecular formula is C27H40N+.